The second-order valence-electron chi connectivity index (χ2n) is 6.80. The quantitative estimate of drug-likeness (QED) is 0.869. The van der Waals surface area contributed by atoms with E-state index in [0.29, 0.717) is 6.04 Å². The summed E-state index contributed by atoms with van der Waals surface area (Å²) in [5, 5.41) is 0. The standard InChI is InChI=1S/C19H24N4/c1-2-4-16(5-3-1)8-11-22-13-17-6-7-18(22)15-23(14-17)19-12-20-9-10-21-19/h1-5,9-10,12,17-18H,6-8,11,13-15H2/t17-,18-/m1/s1. The van der Waals surface area contributed by atoms with Crippen LogP contribution in [0.5, 0.6) is 0 Å². The van der Waals surface area contributed by atoms with E-state index >= 15 is 0 Å². The van der Waals surface area contributed by atoms with E-state index in [0.717, 1.165) is 31.2 Å². The molecule has 120 valence electrons. The molecule has 1 aromatic carbocycles. The summed E-state index contributed by atoms with van der Waals surface area (Å²) < 4.78 is 0. The molecule has 2 aromatic rings. The summed E-state index contributed by atoms with van der Waals surface area (Å²) in [6, 6.07) is 11.5. The van der Waals surface area contributed by atoms with Crippen LogP contribution >= 0.6 is 0 Å². The third-order valence-electron chi connectivity index (χ3n) is 5.23. The Labute approximate surface area is 138 Å². The van der Waals surface area contributed by atoms with Crippen molar-refractivity contribution in [3.8, 4) is 0 Å². The molecule has 1 aromatic heterocycles. The van der Waals surface area contributed by atoms with Gasteiger partial charge < -0.3 is 4.90 Å². The minimum Gasteiger partial charge on any atom is -0.353 e. The van der Waals surface area contributed by atoms with Gasteiger partial charge in [0.2, 0.25) is 0 Å². The number of hydrogen-bond donors (Lipinski definition) is 0. The van der Waals surface area contributed by atoms with E-state index in [1.807, 2.05) is 6.20 Å². The van der Waals surface area contributed by atoms with Crippen LogP contribution in [0.1, 0.15) is 18.4 Å². The average molecular weight is 308 g/mol. The fourth-order valence-corrected chi connectivity index (χ4v) is 4.01. The highest BCUT2D eigenvalue weighted by atomic mass is 15.3. The lowest BCUT2D eigenvalue weighted by Crippen LogP contribution is -2.44. The van der Waals surface area contributed by atoms with Gasteiger partial charge in [0.15, 0.2) is 0 Å². The number of benzene rings is 1. The maximum absolute atomic E-state index is 4.50. The van der Waals surface area contributed by atoms with Gasteiger partial charge in [-0.25, -0.2) is 4.98 Å². The molecule has 3 fully saturated rings. The molecule has 4 heteroatoms. The molecule has 2 atom stereocenters. The summed E-state index contributed by atoms with van der Waals surface area (Å²) in [6.07, 6.45) is 9.27. The molecule has 3 aliphatic rings. The Bertz CT molecular complexity index is 616. The molecule has 0 aliphatic carbocycles. The van der Waals surface area contributed by atoms with Crippen LogP contribution < -0.4 is 4.90 Å². The zero-order chi connectivity index (χ0) is 15.5. The van der Waals surface area contributed by atoms with Crippen LogP contribution in [0.4, 0.5) is 5.82 Å². The lowest BCUT2D eigenvalue weighted by molar-refractivity contribution is 0.136. The minimum absolute atomic E-state index is 0.652. The summed E-state index contributed by atoms with van der Waals surface area (Å²) in [5.41, 5.74) is 1.44. The summed E-state index contributed by atoms with van der Waals surface area (Å²) >= 11 is 0. The van der Waals surface area contributed by atoms with Crippen LogP contribution in [0, 0.1) is 5.92 Å². The highest BCUT2D eigenvalue weighted by Gasteiger charge is 2.34. The highest BCUT2D eigenvalue weighted by molar-refractivity contribution is 5.36. The predicted octanol–water partition coefficient (Wildman–Crippen LogP) is 2.62. The average Bonchev–Trinajstić information content (AvgIpc) is 2.93. The molecule has 4 heterocycles. The zero-order valence-corrected chi connectivity index (χ0v) is 13.5. The van der Waals surface area contributed by atoms with Crippen LogP contribution in [0.2, 0.25) is 0 Å². The topological polar surface area (TPSA) is 32.3 Å². The number of piperidine rings is 1. The van der Waals surface area contributed by atoms with Crippen LogP contribution in [0.15, 0.2) is 48.9 Å². The molecule has 3 aliphatic heterocycles. The van der Waals surface area contributed by atoms with Gasteiger partial charge in [-0.15, -0.1) is 0 Å². The molecule has 23 heavy (non-hydrogen) atoms. The van der Waals surface area contributed by atoms with Crippen molar-refractivity contribution in [3.63, 3.8) is 0 Å². The van der Waals surface area contributed by atoms with Gasteiger partial charge in [0.1, 0.15) is 5.82 Å². The molecule has 0 radical (unpaired) electrons. The first kappa shape index (κ1) is 14.6. The van der Waals surface area contributed by atoms with E-state index in [-0.39, 0.29) is 0 Å². The molecular formula is C19H24N4. The third-order valence-corrected chi connectivity index (χ3v) is 5.23. The molecule has 2 bridgehead atoms. The predicted molar refractivity (Wildman–Crippen MR) is 92.5 cm³/mol. The second kappa shape index (κ2) is 6.67. The normalized spacial score (nSPS) is 24.6. The summed E-state index contributed by atoms with van der Waals surface area (Å²) in [7, 11) is 0. The molecule has 5 rings (SSSR count). The van der Waals surface area contributed by atoms with Gasteiger partial charge in [-0.3, -0.25) is 9.88 Å². The Morgan fingerprint density at radius 1 is 1.00 bits per heavy atom. The van der Waals surface area contributed by atoms with Crippen LogP contribution in [-0.2, 0) is 6.42 Å². The molecular weight excluding hydrogens is 284 g/mol. The fourth-order valence-electron chi connectivity index (χ4n) is 4.01. The molecule has 0 saturated carbocycles. The van der Waals surface area contributed by atoms with Crippen molar-refractivity contribution in [2.45, 2.75) is 25.3 Å². The van der Waals surface area contributed by atoms with Crippen LogP contribution in [0.25, 0.3) is 0 Å². The number of aromatic nitrogens is 2. The molecule has 0 spiro atoms. The monoisotopic (exact) mass is 308 g/mol. The van der Waals surface area contributed by atoms with Crippen molar-refractivity contribution in [2.75, 3.05) is 31.1 Å². The van der Waals surface area contributed by atoms with E-state index in [1.54, 1.807) is 12.4 Å². The lowest BCUT2D eigenvalue weighted by atomic mass is 9.94. The summed E-state index contributed by atoms with van der Waals surface area (Å²) in [5.74, 6) is 1.79. The van der Waals surface area contributed by atoms with Crippen molar-refractivity contribution >= 4 is 5.82 Å². The first-order valence-electron chi connectivity index (χ1n) is 8.67. The van der Waals surface area contributed by atoms with Crippen molar-refractivity contribution in [3.05, 3.63) is 54.5 Å². The third kappa shape index (κ3) is 3.37. The number of anilines is 1. The second-order valence-corrected chi connectivity index (χ2v) is 6.80. The molecule has 0 amide bonds. The largest absolute Gasteiger partial charge is 0.353 e. The van der Waals surface area contributed by atoms with E-state index in [9.17, 15) is 0 Å². The van der Waals surface area contributed by atoms with Gasteiger partial charge in [-0.1, -0.05) is 30.3 Å². The van der Waals surface area contributed by atoms with Crippen LogP contribution in [0.3, 0.4) is 0 Å². The van der Waals surface area contributed by atoms with Crippen molar-refractivity contribution in [2.24, 2.45) is 5.92 Å². The SMILES string of the molecule is c1ccc(CCN2C[C@H]3CC[C@@H]2CN(c2cnccn2)C3)cc1. The Morgan fingerprint density at radius 2 is 1.91 bits per heavy atom. The van der Waals surface area contributed by atoms with Gasteiger partial charge in [0.05, 0.1) is 6.20 Å². The molecule has 3 saturated heterocycles. The fraction of sp³-hybridized carbons (Fsp3) is 0.474. The number of rotatable bonds is 4. The number of hydrogen-bond acceptors (Lipinski definition) is 4. The van der Waals surface area contributed by atoms with Gasteiger partial charge in [0, 0.05) is 44.6 Å². The van der Waals surface area contributed by atoms with E-state index in [2.05, 4.69) is 50.1 Å². The van der Waals surface area contributed by atoms with Gasteiger partial charge in [-0.05, 0) is 30.7 Å². The molecule has 0 unspecified atom stereocenters. The number of fused-ring (bicyclic) bond motifs is 4. The molecule has 0 N–H and O–H groups in total. The molecule has 4 nitrogen and oxygen atoms in total. The van der Waals surface area contributed by atoms with Crippen molar-refractivity contribution in [1.82, 2.24) is 14.9 Å². The van der Waals surface area contributed by atoms with Gasteiger partial charge >= 0.3 is 0 Å². The zero-order valence-electron chi connectivity index (χ0n) is 13.5. The van der Waals surface area contributed by atoms with E-state index < -0.39 is 0 Å². The summed E-state index contributed by atoms with van der Waals surface area (Å²) in [6.45, 7) is 4.61. The Balaban J connectivity index is 1.43. The Kier molecular flexibility index (Phi) is 4.24. The van der Waals surface area contributed by atoms with Gasteiger partial charge in [0.25, 0.3) is 0 Å². The maximum Gasteiger partial charge on any atom is 0.147 e. The summed E-state index contributed by atoms with van der Waals surface area (Å²) in [4.78, 5) is 13.9. The Hall–Kier alpha value is -1.94. The van der Waals surface area contributed by atoms with Crippen molar-refractivity contribution < 1.29 is 0 Å². The van der Waals surface area contributed by atoms with E-state index in [4.69, 9.17) is 0 Å². The first-order valence-corrected chi connectivity index (χ1v) is 8.67. The minimum atomic E-state index is 0.652. The number of nitrogens with zero attached hydrogens (tertiary/aromatic N) is 4. The first-order chi connectivity index (χ1) is 11.4. The van der Waals surface area contributed by atoms with Gasteiger partial charge in [-0.2, -0.15) is 0 Å². The Morgan fingerprint density at radius 3 is 2.74 bits per heavy atom. The maximum atomic E-state index is 4.50. The van der Waals surface area contributed by atoms with Crippen LogP contribution in [-0.4, -0.2) is 47.1 Å². The smallest absolute Gasteiger partial charge is 0.147 e. The van der Waals surface area contributed by atoms with Crippen molar-refractivity contribution in [1.29, 1.82) is 0 Å². The highest BCUT2D eigenvalue weighted by Crippen LogP contribution is 2.29. The van der Waals surface area contributed by atoms with E-state index in [1.165, 1.54) is 31.5 Å². The lowest BCUT2D eigenvalue weighted by Gasteiger charge is -2.36.